The quantitative estimate of drug-likeness (QED) is 0.765. The molecule has 1 aliphatic carbocycles. The third-order valence-electron chi connectivity index (χ3n) is 3.76. The highest BCUT2D eigenvalue weighted by Gasteiger charge is 2.41. The average molecular weight is 214 g/mol. The Hall–Kier alpha value is -0.570. The summed E-state index contributed by atoms with van der Waals surface area (Å²) in [5, 5.41) is 9.37. The Bertz CT molecular complexity index is 215. The average Bonchev–Trinajstić information content (AvgIpc) is 2.26. The highest BCUT2D eigenvalue weighted by atomic mass is 16.5. The molecule has 0 radical (unpaired) electrons. The summed E-state index contributed by atoms with van der Waals surface area (Å²) in [6.45, 7) is 2.71. The second-order valence-electron chi connectivity index (χ2n) is 4.70. The second-order valence-corrected chi connectivity index (χ2v) is 4.70. The monoisotopic (exact) mass is 214 g/mol. The van der Waals surface area contributed by atoms with Gasteiger partial charge in [0.1, 0.15) is 0 Å². The van der Waals surface area contributed by atoms with E-state index in [0.717, 1.165) is 25.7 Å². The van der Waals surface area contributed by atoms with E-state index in [4.69, 9.17) is 4.74 Å². The molecule has 0 aromatic carbocycles. The molecule has 1 N–H and O–H groups in total. The van der Waals surface area contributed by atoms with E-state index in [0.29, 0.717) is 18.9 Å². The minimum atomic E-state index is -0.627. The topological polar surface area (TPSA) is 46.5 Å². The van der Waals surface area contributed by atoms with Crippen molar-refractivity contribution in [3.63, 3.8) is 0 Å². The lowest BCUT2D eigenvalue weighted by Crippen LogP contribution is -2.37. The van der Waals surface area contributed by atoms with Crippen LogP contribution in [-0.4, -0.2) is 24.8 Å². The molecule has 15 heavy (non-hydrogen) atoms. The van der Waals surface area contributed by atoms with E-state index < -0.39 is 11.4 Å². The van der Waals surface area contributed by atoms with Gasteiger partial charge < -0.3 is 9.84 Å². The molecule has 0 aromatic heterocycles. The number of carboxylic acids is 1. The zero-order valence-electron chi connectivity index (χ0n) is 9.79. The molecule has 2 atom stereocenters. The van der Waals surface area contributed by atoms with Gasteiger partial charge in [-0.25, -0.2) is 0 Å². The first kappa shape index (κ1) is 12.5. The normalized spacial score (nSPS) is 31.5. The Balaban J connectivity index is 2.66. The van der Waals surface area contributed by atoms with E-state index in [1.54, 1.807) is 7.11 Å². The summed E-state index contributed by atoms with van der Waals surface area (Å²) in [6.07, 6.45) is 5.66. The predicted octanol–water partition coefficient (Wildman–Crippen LogP) is 2.69. The maximum absolute atomic E-state index is 11.4. The molecule has 0 spiro atoms. The van der Waals surface area contributed by atoms with Crippen molar-refractivity contribution in [3.8, 4) is 0 Å². The van der Waals surface area contributed by atoms with Gasteiger partial charge in [-0.2, -0.15) is 0 Å². The van der Waals surface area contributed by atoms with Gasteiger partial charge in [-0.3, -0.25) is 4.79 Å². The third kappa shape index (κ3) is 2.94. The highest BCUT2D eigenvalue weighted by molar-refractivity contribution is 5.74. The molecule has 0 amide bonds. The zero-order chi connectivity index (χ0) is 11.3. The van der Waals surface area contributed by atoms with Gasteiger partial charge in [0.05, 0.1) is 5.41 Å². The molecular formula is C12H22O3. The van der Waals surface area contributed by atoms with Crippen LogP contribution in [0.25, 0.3) is 0 Å². The number of ether oxygens (including phenoxy) is 1. The SMILES string of the molecule is CCC1CCCC(CCOC)(C(=O)O)C1. The largest absolute Gasteiger partial charge is 0.481 e. The lowest BCUT2D eigenvalue weighted by Gasteiger charge is -2.37. The number of methoxy groups -OCH3 is 1. The molecule has 0 aromatic rings. The minimum Gasteiger partial charge on any atom is -0.481 e. The Morgan fingerprint density at radius 2 is 2.33 bits per heavy atom. The Labute approximate surface area is 91.8 Å². The van der Waals surface area contributed by atoms with Crippen molar-refractivity contribution in [2.45, 2.75) is 45.4 Å². The molecule has 1 saturated carbocycles. The third-order valence-corrected chi connectivity index (χ3v) is 3.76. The van der Waals surface area contributed by atoms with E-state index in [2.05, 4.69) is 6.92 Å². The van der Waals surface area contributed by atoms with Crippen LogP contribution in [0.5, 0.6) is 0 Å². The molecule has 3 heteroatoms. The molecule has 88 valence electrons. The summed E-state index contributed by atoms with van der Waals surface area (Å²) in [5.74, 6) is -0.0376. The summed E-state index contributed by atoms with van der Waals surface area (Å²) >= 11 is 0. The van der Waals surface area contributed by atoms with Crippen LogP contribution in [-0.2, 0) is 9.53 Å². The van der Waals surface area contributed by atoms with Crippen molar-refractivity contribution in [1.82, 2.24) is 0 Å². The first-order valence-electron chi connectivity index (χ1n) is 5.87. The van der Waals surface area contributed by atoms with Crippen LogP contribution in [0.3, 0.4) is 0 Å². The Morgan fingerprint density at radius 3 is 2.87 bits per heavy atom. The van der Waals surface area contributed by atoms with E-state index in [9.17, 15) is 9.90 Å². The van der Waals surface area contributed by atoms with Crippen LogP contribution in [0.4, 0.5) is 0 Å². The fourth-order valence-corrected chi connectivity index (χ4v) is 2.66. The number of hydrogen-bond donors (Lipinski definition) is 1. The first-order chi connectivity index (χ1) is 7.14. The van der Waals surface area contributed by atoms with Gasteiger partial charge in [-0.1, -0.05) is 26.2 Å². The summed E-state index contributed by atoms with van der Waals surface area (Å²) < 4.78 is 5.03. The van der Waals surface area contributed by atoms with Crippen molar-refractivity contribution in [2.75, 3.05) is 13.7 Å². The van der Waals surface area contributed by atoms with Gasteiger partial charge in [0.2, 0.25) is 0 Å². The van der Waals surface area contributed by atoms with Gasteiger partial charge in [0, 0.05) is 13.7 Å². The Kier molecular flexibility index (Phi) is 4.58. The predicted molar refractivity (Wildman–Crippen MR) is 58.8 cm³/mol. The van der Waals surface area contributed by atoms with E-state index in [-0.39, 0.29) is 0 Å². The fraction of sp³-hybridized carbons (Fsp3) is 0.917. The van der Waals surface area contributed by atoms with E-state index in [1.165, 1.54) is 6.42 Å². The van der Waals surface area contributed by atoms with Crippen LogP contribution in [0.2, 0.25) is 0 Å². The van der Waals surface area contributed by atoms with Crippen LogP contribution in [0, 0.1) is 11.3 Å². The number of carboxylic acid groups (broad SMARTS) is 1. The molecule has 1 fully saturated rings. The smallest absolute Gasteiger partial charge is 0.309 e. The number of rotatable bonds is 5. The van der Waals surface area contributed by atoms with Gasteiger partial charge in [-0.05, 0) is 25.2 Å². The van der Waals surface area contributed by atoms with Gasteiger partial charge in [0.25, 0.3) is 0 Å². The fourth-order valence-electron chi connectivity index (χ4n) is 2.66. The van der Waals surface area contributed by atoms with Gasteiger partial charge in [-0.15, -0.1) is 0 Å². The lowest BCUT2D eigenvalue weighted by atomic mass is 9.67. The Morgan fingerprint density at radius 1 is 1.60 bits per heavy atom. The summed E-state index contributed by atoms with van der Waals surface area (Å²) in [6, 6.07) is 0. The first-order valence-corrected chi connectivity index (χ1v) is 5.87. The zero-order valence-corrected chi connectivity index (χ0v) is 9.79. The maximum atomic E-state index is 11.4. The second kappa shape index (κ2) is 5.50. The molecule has 1 rings (SSSR count). The maximum Gasteiger partial charge on any atom is 0.309 e. The number of carbonyl (C=O) groups is 1. The van der Waals surface area contributed by atoms with Crippen molar-refractivity contribution < 1.29 is 14.6 Å². The summed E-state index contributed by atoms with van der Waals surface area (Å²) in [4.78, 5) is 11.4. The van der Waals surface area contributed by atoms with Crippen LogP contribution in [0.1, 0.15) is 45.4 Å². The molecular weight excluding hydrogens is 192 g/mol. The molecule has 0 bridgehead atoms. The summed E-state index contributed by atoms with van der Waals surface area (Å²) in [7, 11) is 1.63. The molecule has 0 aliphatic heterocycles. The van der Waals surface area contributed by atoms with Crippen molar-refractivity contribution >= 4 is 5.97 Å². The number of aliphatic carboxylic acids is 1. The van der Waals surface area contributed by atoms with Gasteiger partial charge >= 0.3 is 5.97 Å². The standard InChI is InChI=1S/C12H22O3/c1-3-10-5-4-6-12(9-10,11(13)14)7-8-15-2/h10H,3-9H2,1-2H3,(H,13,14). The number of hydrogen-bond acceptors (Lipinski definition) is 2. The van der Waals surface area contributed by atoms with Crippen molar-refractivity contribution in [1.29, 1.82) is 0 Å². The van der Waals surface area contributed by atoms with E-state index in [1.807, 2.05) is 0 Å². The molecule has 1 aliphatic rings. The van der Waals surface area contributed by atoms with Crippen LogP contribution in [0.15, 0.2) is 0 Å². The molecule has 0 heterocycles. The molecule has 3 nitrogen and oxygen atoms in total. The van der Waals surface area contributed by atoms with Crippen LogP contribution >= 0.6 is 0 Å². The van der Waals surface area contributed by atoms with Crippen LogP contribution < -0.4 is 0 Å². The van der Waals surface area contributed by atoms with Crippen molar-refractivity contribution in [3.05, 3.63) is 0 Å². The highest BCUT2D eigenvalue weighted by Crippen LogP contribution is 2.43. The van der Waals surface area contributed by atoms with Gasteiger partial charge in [0.15, 0.2) is 0 Å². The lowest BCUT2D eigenvalue weighted by molar-refractivity contribution is -0.153. The minimum absolute atomic E-state index is 0.505. The van der Waals surface area contributed by atoms with E-state index >= 15 is 0 Å². The molecule has 0 saturated heterocycles. The molecule has 2 unspecified atom stereocenters. The summed E-state index contributed by atoms with van der Waals surface area (Å²) in [5.41, 5.74) is -0.505. The van der Waals surface area contributed by atoms with Crippen molar-refractivity contribution in [2.24, 2.45) is 11.3 Å².